The molecule has 306 valence electrons. The summed E-state index contributed by atoms with van der Waals surface area (Å²) in [5.74, 6) is 0.343. The molecule has 0 atom stereocenters. The van der Waals surface area contributed by atoms with Crippen LogP contribution in [0.2, 0.25) is 0 Å². The molecule has 2 aromatic heterocycles. The molecule has 60 heavy (non-hydrogen) atoms. The van der Waals surface area contributed by atoms with Crippen molar-refractivity contribution >= 4 is 45.1 Å². The zero-order chi connectivity index (χ0) is 40.9. The van der Waals surface area contributed by atoms with Crippen LogP contribution in [0.4, 0.5) is 11.6 Å². The lowest BCUT2D eigenvalue weighted by atomic mass is 9.73. The Morgan fingerprint density at radius 3 is 1.48 bits per heavy atom. The maximum atomic E-state index is 15.2. The van der Waals surface area contributed by atoms with Crippen LogP contribution in [-0.2, 0) is 32.8 Å². The number of aromatic nitrogens is 2. The molecule has 10 rings (SSSR count). The molecule has 2 saturated heterocycles. The number of rotatable bonds is 12. The minimum absolute atomic E-state index is 0.0587. The molecule has 2 aliphatic heterocycles. The number of carbonyl (C=O) groups is 2. The molecule has 10 nitrogen and oxygen atoms in total. The number of primary amides is 1. The zero-order valence-electron chi connectivity index (χ0n) is 34.4. The van der Waals surface area contributed by atoms with E-state index in [1.165, 1.54) is 11.1 Å². The number of nitrogens with zero attached hydrogens (tertiary/aromatic N) is 6. The topological polar surface area (TPSA) is 108 Å². The predicted molar refractivity (Wildman–Crippen MR) is 237 cm³/mol. The molecule has 1 amide bonds. The van der Waals surface area contributed by atoms with Crippen LogP contribution in [0, 0.1) is 0 Å². The molecule has 0 radical (unpaired) electrons. The van der Waals surface area contributed by atoms with Gasteiger partial charge in [0.2, 0.25) is 5.91 Å². The lowest BCUT2D eigenvalue weighted by Crippen LogP contribution is -2.55. The number of esters is 1. The first-order valence-corrected chi connectivity index (χ1v) is 21.6. The Kier molecular flexibility index (Phi) is 9.80. The normalized spacial score (nSPS) is 18.6. The van der Waals surface area contributed by atoms with E-state index in [4.69, 9.17) is 20.4 Å². The Bertz CT molecular complexity index is 2400. The minimum Gasteiger partial charge on any atom is -0.465 e. The van der Waals surface area contributed by atoms with Crippen LogP contribution in [-0.4, -0.2) is 88.6 Å². The smallest absolute Gasteiger partial charge is 0.324 e. The van der Waals surface area contributed by atoms with Crippen LogP contribution < -0.4 is 15.5 Å². The number of carbonyl (C=O) groups excluding carboxylic acids is 2. The summed E-state index contributed by atoms with van der Waals surface area (Å²) in [4.78, 5) is 49.8. The van der Waals surface area contributed by atoms with Crippen molar-refractivity contribution in [2.45, 2.75) is 68.6 Å². The fourth-order valence-corrected chi connectivity index (χ4v) is 10.2. The van der Waals surface area contributed by atoms with E-state index in [1.54, 1.807) is 6.92 Å². The monoisotopic (exact) mass is 799 g/mol. The summed E-state index contributed by atoms with van der Waals surface area (Å²) < 4.78 is 6.05. The highest BCUT2D eigenvalue weighted by atomic mass is 16.5. The number of hydrogen-bond donors (Lipinski definition) is 1. The van der Waals surface area contributed by atoms with E-state index in [-0.39, 0.29) is 24.1 Å². The number of nitrogens with two attached hydrogens (primary N) is 1. The van der Waals surface area contributed by atoms with Crippen molar-refractivity contribution in [1.82, 2.24) is 19.8 Å². The molecule has 2 N–H and O–H groups in total. The SMILES string of the molecule is CCOC(=O)C(CC(N)=O)(c1nc(N2CCN(Cc3ccccc3)C3(CC3)C2)cc2ccccc12)c1nc(N2CCN(Cc3ccccc3)C3(CC3)C2)cc2ccccc12. The number of fused-ring (bicyclic) bond motifs is 2. The number of ether oxygens (including phenoxy) is 1. The summed E-state index contributed by atoms with van der Waals surface area (Å²) in [6, 6.07) is 41.7. The van der Waals surface area contributed by atoms with Crippen molar-refractivity contribution in [3.8, 4) is 0 Å². The van der Waals surface area contributed by atoms with Crippen LogP contribution in [0.15, 0.2) is 121 Å². The van der Waals surface area contributed by atoms with Gasteiger partial charge in [0.1, 0.15) is 11.6 Å². The van der Waals surface area contributed by atoms with E-state index >= 15 is 4.79 Å². The maximum Gasteiger partial charge on any atom is 0.324 e. The number of benzene rings is 4. The molecule has 6 aromatic rings. The van der Waals surface area contributed by atoms with Gasteiger partial charge in [-0.2, -0.15) is 0 Å². The average molecular weight is 800 g/mol. The first kappa shape index (κ1) is 38.4. The number of anilines is 2. The summed E-state index contributed by atoms with van der Waals surface area (Å²) in [6.07, 6.45) is 4.13. The molecule has 2 saturated carbocycles. The molecule has 10 heteroatoms. The van der Waals surface area contributed by atoms with Gasteiger partial charge >= 0.3 is 5.97 Å². The van der Waals surface area contributed by atoms with Gasteiger partial charge in [0, 0.05) is 74.2 Å². The first-order valence-electron chi connectivity index (χ1n) is 21.6. The largest absolute Gasteiger partial charge is 0.465 e. The first-order chi connectivity index (χ1) is 29.3. The van der Waals surface area contributed by atoms with Crippen molar-refractivity contribution in [3.05, 3.63) is 144 Å². The van der Waals surface area contributed by atoms with Gasteiger partial charge in [-0.05, 0) is 66.6 Å². The van der Waals surface area contributed by atoms with Gasteiger partial charge in [-0.15, -0.1) is 0 Å². The number of pyridine rings is 2. The highest BCUT2D eigenvalue weighted by molar-refractivity contribution is 6.03. The third-order valence-electron chi connectivity index (χ3n) is 13.7. The van der Waals surface area contributed by atoms with E-state index in [1.807, 2.05) is 36.4 Å². The van der Waals surface area contributed by atoms with Crippen LogP contribution in [0.3, 0.4) is 0 Å². The molecular formula is C50H53N7O3. The van der Waals surface area contributed by atoms with Crippen LogP contribution >= 0.6 is 0 Å². The summed E-state index contributed by atoms with van der Waals surface area (Å²) in [6.45, 7) is 8.70. The zero-order valence-corrected chi connectivity index (χ0v) is 34.4. The average Bonchev–Trinajstić information content (AvgIpc) is 4.22. The molecule has 0 bridgehead atoms. The van der Waals surface area contributed by atoms with Gasteiger partial charge in [-0.1, -0.05) is 109 Å². The lowest BCUT2D eigenvalue weighted by molar-refractivity contribution is -0.150. The van der Waals surface area contributed by atoms with Crippen molar-refractivity contribution in [1.29, 1.82) is 0 Å². The summed E-state index contributed by atoms with van der Waals surface area (Å²) >= 11 is 0. The molecule has 2 aliphatic carbocycles. The summed E-state index contributed by atoms with van der Waals surface area (Å²) in [5.41, 5.74) is 8.15. The fourth-order valence-electron chi connectivity index (χ4n) is 10.2. The van der Waals surface area contributed by atoms with E-state index in [0.29, 0.717) is 11.4 Å². The second-order valence-corrected chi connectivity index (χ2v) is 17.5. The highest BCUT2D eigenvalue weighted by Gasteiger charge is 2.54. The Labute approximate surface area is 351 Å². The second kappa shape index (κ2) is 15.3. The molecule has 4 aromatic carbocycles. The number of hydrogen-bond acceptors (Lipinski definition) is 9. The van der Waals surface area contributed by atoms with Gasteiger partial charge in [-0.25, -0.2) is 9.97 Å². The van der Waals surface area contributed by atoms with Crippen LogP contribution in [0.5, 0.6) is 0 Å². The van der Waals surface area contributed by atoms with Crippen molar-refractivity contribution in [3.63, 3.8) is 0 Å². The van der Waals surface area contributed by atoms with Crippen LogP contribution in [0.25, 0.3) is 21.5 Å². The van der Waals surface area contributed by atoms with Crippen molar-refractivity contribution < 1.29 is 14.3 Å². The minimum atomic E-state index is -1.74. The van der Waals surface area contributed by atoms with Gasteiger partial charge in [0.15, 0.2) is 5.41 Å². The highest BCUT2D eigenvalue weighted by Crippen LogP contribution is 2.49. The standard InChI is InChI=1S/C50H53N7O3/c1-2-60-47(59)50(31-42(51)58,45-40-19-11-9-17-38(40)29-43(52-45)54-25-27-56(48(34-54)21-22-48)32-36-13-5-3-6-14-36)46-41-20-12-10-18-39(41)30-44(53-46)55-26-28-57(49(35-55)23-24-49)33-37-15-7-4-8-16-37/h3-20,29-30H,2,21-28,31-35H2,1H3,(H2,51,58). The summed E-state index contributed by atoms with van der Waals surface area (Å²) in [7, 11) is 0. The van der Waals surface area contributed by atoms with E-state index in [2.05, 4.69) is 105 Å². The fraction of sp³-hybridized carbons (Fsp3) is 0.360. The van der Waals surface area contributed by atoms with Gasteiger partial charge in [-0.3, -0.25) is 19.4 Å². The molecule has 0 unspecified atom stereocenters. The Morgan fingerprint density at radius 2 is 1.07 bits per heavy atom. The molecule has 2 spiro atoms. The van der Waals surface area contributed by atoms with Gasteiger partial charge in [0.05, 0.1) is 24.4 Å². The van der Waals surface area contributed by atoms with E-state index in [9.17, 15) is 4.79 Å². The van der Waals surface area contributed by atoms with Gasteiger partial charge in [0.25, 0.3) is 0 Å². The molecule has 4 heterocycles. The quantitative estimate of drug-likeness (QED) is 0.129. The Balaban J connectivity index is 1.09. The molecular weight excluding hydrogens is 747 g/mol. The second-order valence-electron chi connectivity index (χ2n) is 17.5. The Morgan fingerprint density at radius 1 is 0.633 bits per heavy atom. The van der Waals surface area contributed by atoms with Crippen molar-refractivity contribution in [2.75, 3.05) is 55.7 Å². The van der Waals surface area contributed by atoms with Gasteiger partial charge < -0.3 is 20.3 Å². The van der Waals surface area contributed by atoms with E-state index in [0.717, 1.165) is 111 Å². The predicted octanol–water partition coefficient (Wildman–Crippen LogP) is 7.22. The van der Waals surface area contributed by atoms with Crippen molar-refractivity contribution in [2.24, 2.45) is 5.73 Å². The third kappa shape index (κ3) is 6.95. The number of piperazine rings is 2. The molecule has 4 fully saturated rings. The summed E-state index contributed by atoms with van der Waals surface area (Å²) in [5, 5.41) is 3.39. The van der Waals surface area contributed by atoms with E-state index < -0.39 is 17.3 Å². The third-order valence-corrected chi connectivity index (χ3v) is 13.7. The Hall–Kier alpha value is -5.84. The molecule has 4 aliphatic rings. The van der Waals surface area contributed by atoms with Crippen LogP contribution in [0.1, 0.15) is 61.5 Å². The maximum absolute atomic E-state index is 15.2. The lowest BCUT2D eigenvalue weighted by Gasteiger charge is -2.43. The number of amides is 1.